The van der Waals surface area contributed by atoms with Crippen molar-refractivity contribution in [2.45, 2.75) is 26.3 Å². The van der Waals surface area contributed by atoms with Crippen LogP contribution < -0.4 is 11.4 Å². The van der Waals surface area contributed by atoms with Crippen molar-refractivity contribution in [2.24, 2.45) is 0 Å². The smallest absolute Gasteiger partial charge is 0.340 e. The summed E-state index contributed by atoms with van der Waals surface area (Å²) in [6.45, 7) is 2.30. The number of halogens is 2. The molecule has 0 unspecified atom stereocenters. The molecule has 0 fully saturated rings. The zero-order valence-corrected chi connectivity index (χ0v) is 15.2. The Balaban J connectivity index is 2.17. The Morgan fingerprint density at radius 2 is 2.00 bits per heavy atom. The highest BCUT2D eigenvalue weighted by Gasteiger charge is 2.18. The molecule has 3 aromatic rings. The maximum atomic E-state index is 12.5. The third-order valence-electron chi connectivity index (χ3n) is 3.62. The van der Waals surface area contributed by atoms with Gasteiger partial charge in [0.15, 0.2) is 11.5 Å². The summed E-state index contributed by atoms with van der Waals surface area (Å²) in [7, 11) is 0. The van der Waals surface area contributed by atoms with Crippen LogP contribution in [0.3, 0.4) is 0 Å². The first-order chi connectivity index (χ1) is 11.4. The summed E-state index contributed by atoms with van der Waals surface area (Å²) >= 11 is 16.2. The number of hydrogen-bond acceptors (Lipinski definition) is 5. The zero-order chi connectivity index (χ0) is 17.4. The van der Waals surface area contributed by atoms with Crippen molar-refractivity contribution < 1.29 is 0 Å². The fourth-order valence-electron chi connectivity index (χ4n) is 2.50. The van der Waals surface area contributed by atoms with E-state index in [0.717, 1.165) is 16.0 Å². The number of thiol groups is 1. The molecule has 0 aliphatic rings. The van der Waals surface area contributed by atoms with E-state index in [0.29, 0.717) is 33.5 Å². The summed E-state index contributed by atoms with van der Waals surface area (Å²) in [5.74, 6) is 0.841. The van der Waals surface area contributed by atoms with Gasteiger partial charge in [-0.15, -0.1) is 0 Å². The van der Waals surface area contributed by atoms with Gasteiger partial charge in [0.05, 0.1) is 16.6 Å². The minimum atomic E-state index is -0.339. The Labute approximate surface area is 153 Å². The molecular formula is C15H15Cl2N5OS. The van der Waals surface area contributed by atoms with E-state index in [-0.39, 0.29) is 18.1 Å². The van der Waals surface area contributed by atoms with Crippen LogP contribution in [-0.4, -0.2) is 18.5 Å². The summed E-state index contributed by atoms with van der Waals surface area (Å²) in [6, 6.07) is 5.21. The predicted molar refractivity (Wildman–Crippen MR) is 100 cm³/mol. The van der Waals surface area contributed by atoms with Gasteiger partial charge in [0.1, 0.15) is 11.3 Å². The van der Waals surface area contributed by atoms with E-state index < -0.39 is 0 Å². The molecule has 3 rings (SSSR count). The van der Waals surface area contributed by atoms with Crippen molar-refractivity contribution in [2.75, 3.05) is 5.73 Å². The van der Waals surface area contributed by atoms with Crippen molar-refractivity contribution >= 4 is 53.0 Å². The second-order valence-corrected chi connectivity index (χ2v) is 6.59. The van der Waals surface area contributed by atoms with Crippen LogP contribution >= 0.6 is 36.0 Å². The van der Waals surface area contributed by atoms with Crippen LogP contribution in [0.5, 0.6) is 0 Å². The number of nitrogen functional groups attached to an aromatic ring is 1. The van der Waals surface area contributed by atoms with Gasteiger partial charge in [-0.25, -0.2) is 18.7 Å². The second-order valence-electron chi connectivity index (χ2n) is 5.38. The number of fused-ring (bicyclic) bond motifs is 1. The molecule has 0 atom stereocenters. The minimum absolute atomic E-state index is 0.239. The van der Waals surface area contributed by atoms with Crippen molar-refractivity contribution in [1.82, 2.24) is 18.5 Å². The van der Waals surface area contributed by atoms with Crippen LogP contribution in [0, 0.1) is 0 Å². The molecule has 1 aromatic carbocycles. The number of imidazole rings is 1. The summed E-state index contributed by atoms with van der Waals surface area (Å²) < 4.78 is 2.66. The van der Waals surface area contributed by atoms with Gasteiger partial charge in [0, 0.05) is 6.42 Å². The van der Waals surface area contributed by atoms with Gasteiger partial charge in [-0.1, -0.05) is 49.0 Å². The van der Waals surface area contributed by atoms with E-state index in [2.05, 4.69) is 22.8 Å². The molecule has 0 amide bonds. The van der Waals surface area contributed by atoms with Crippen LogP contribution in [0.1, 0.15) is 24.7 Å². The van der Waals surface area contributed by atoms with Gasteiger partial charge in [0.2, 0.25) is 0 Å². The lowest BCUT2D eigenvalue weighted by atomic mass is 10.2. The Hall–Kier alpha value is -1.70. The quantitative estimate of drug-likeness (QED) is 0.678. The molecule has 24 heavy (non-hydrogen) atoms. The van der Waals surface area contributed by atoms with Gasteiger partial charge < -0.3 is 5.73 Å². The lowest BCUT2D eigenvalue weighted by Gasteiger charge is -2.06. The number of aromatic nitrogens is 4. The number of rotatable bonds is 4. The molecule has 0 spiro atoms. The standard InChI is InChI=1S/C15H15Cl2N5OS/c1-2-3-11-19-13(18)12-14(20-11)21(15(23)22(12)24)7-8-4-5-9(16)10(17)6-8/h4-6,24H,2-3,7H2,1H3,(H2,18,19,20). The molecule has 126 valence electrons. The topological polar surface area (TPSA) is 78.7 Å². The lowest BCUT2D eigenvalue weighted by molar-refractivity contribution is 0.763. The first-order valence-corrected chi connectivity index (χ1v) is 8.48. The normalized spacial score (nSPS) is 11.3. The van der Waals surface area contributed by atoms with Gasteiger partial charge >= 0.3 is 5.69 Å². The van der Waals surface area contributed by atoms with E-state index >= 15 is 0 Å². The molecule has 0 saturated carbocycles. The number of nitrogens with zero attached hydrogens (tertiary/aromatic N) is 4. The molecule has 2 aromatic heterocycles. The second kappa shape index (κ2) is 6.66. The molecule has 6 nitrogen and oxygen atoms in total. The third-order valence-corrected chi connectivity index (χ3v) is 4.73. The molecule has 2 heterocycles. The highest BCUT2D eigenvalue weighted by molar-refractivity contribution is 7.78. The number of aryl methyl sites for hydroxylation is 1. The van der Waals surface area contributed by atoms with Crippen molar-refractivity contribution in [3.05, 3.63) is 50.1 Å². The van der Waals surface area contributed by atoms with Crippen molar-refractivity contribution in [1.29, 1.82) is 0 Å². The largest absolute Gasteiger partial charge is 0.382 e. The van der Waals surface area contributed by atoms with Crippen LogP contribution in [0.15, 0.2) is 23.0 Å². The number of benzene rings is 1. The molecule has 9 heteroatoms. The Bertz CT molecular complexity index is 982. The lowest BCUT2D eigenvalue weighted by Crippen LogP contribution is -2.21. The van der Waals surface area contributed by atoms with E-state index in [9.17, 15) is 4.79 Å². The van der Waals surface area contributed by atoms with E-state index in [1.807, 2.05) is 6.92 Å². The zero-order valence-electron chi connectivity index (χ0n) is 12.8. The Morgan fingerprint density at radius 1 is 1.25 bits per heavy atom. The van der Waals surface area contributed by atoms with Gasteiger partial charge in [0.25, 0.3) is 0 Å². The van der Waals surface area contributed by atoms with E-state index in [4.69, 9.17) is 28.9 Å². The third kappa shape index (κ3) is 2.99. The van der Waals surface area contributed by atoms with E-state index in [1.54, 1.807) is 18.2 Å². The summed E-state index contributed by atoms with van der Waals surface area (Å²) in [4.78, 5) is 21.3. The molecular weight excluding hydrogens is 369 g/mol. The molecule has 0 saturated heterocycles. The van der Waals surface area contributed by atoms with Gasteiger partial charge in [-0.2, -0.15) is 0 Å². The summed E-state index contributed by atoms with van der Waals surface area (Å²) in [5, 5.41) is 0.888. The van der Waals surface area contributed by atoms with Crippen molar-refractivity contribution in [3.8, 4) is 0 Å². The molecule has 0 aliphatic heterocycles. The summed E-state index contributed by atoms with van der Waals surface area (Å²) in [5.41, 5.74) is 7.34. The first kappa shape index (κ1) is 17.1. The van der Waals surface area contributed by atoms with E-state index in [1.165, 1.54) is 4.57 Å². The molecule has 0 radical (unpaired) electrons. The highest BCUT2D eigenvalue weighted by Crippen LogP contribution is 2.24. The SMILES string of the molecule is CCCc1nc(N)c2c(n1)n(Cc1ccc(Cl)c(Cl)c1)c(=O)n2S. The molecule has 2 N–H and O–H groups in total. The maximum absolute atomic E-state index is 12.5. The molecule has 0 bridgehead atoms. The average Bonchev–Trinajstić information content (AvgIpc) is 2.76. The number of anilines is 1. The number of hydrogen-bond donors (Lipinski definition) is 2. The minimum Gasteiger partial charge on any atom is -0.382 e. The van der Waals surface area contributed by atoms with Crippen LogP contribution in [0.25, 0.3) is 11.2 Å². The fraction of sp³-hybridized carbons (Fsp3) is 0.267. The average molecular weight is 384 g/mol. The Kier molecular flexibility index (Phi) is 4.76. The summed E-state index contributed by atoms with van der Waals surface area (Å²) in [6.07, 6.45) is 1.56. The van der Waals surface area contributed by atoms with Gasteiger partial charge in [-0.3, -0.25) is 4.57 Å². The van der Waals surface area contributed by atoms with Crippen molar-refractivity contribution in [3.63, 3.8) is 0 Å². The highest BCUT2D eigenvalue weighted by atomic mass is 35.5. The monoisotopic (exact) mass is 383 g/mol. The maximum Gasteiger partial charge on any atom is 0.340 e. The Morgan fingerprint density at radius 3 is 2.67 bits per heavy atom. The fourth-order valence-corrected chi connectivity index (χ4v) is 3.12. The first-order valence-electron chi connectivity index (χ1n) is 7.33. The van der Waals surface area contributed by atoms with Crippen LogP contribution in [0.2, 0.25) is 10.0 Å². The number of nitrogens with two attached hydrogens (primary N) is 1. The van der Waals surface area contributed by atoms with Gasteiger partial charge in [-0.05, 0) is 24.1 Å². The van der Waals surface area contributed by atoms with Crippen LogP contribution in [-0.2, 0) is 13.0 Å². The molecule has 0 aliphatic carbocycles. The predicted octanol–water partition coefficient (Wildman–Crippen LogP) is 3.18. The van der Waals surface area contributed by atoms with Crippen LogP contribution in [0.4, 0.5) is 5.82 Å².